The van der Waals surface area contributed by atoms with Crippen LogP contribution in [0, 0.1) is 0 Å². The minimum atomic E-state index is 0.670. The number of aromatic nitrogens is 2. The molecule has 0 aliphatic carbocycles. The van der Waals surface area contributed by atoms with E-state index in [1.165, 1.54) is 6.33 Å². The van der Waals surface area contributed by atoms with E-state index in [0.717, 1.165) is 11.4 Å². The molecule has 0 amide bonds. The van der Waals surface area contributed by atoms with Gasteiger partial charge in [-0.15, -0.1) is 0 Å². The first-order valence-corrected chi connectivity index (χ1v) is 5.99. The lowest BCUT2D eigenvalue weighted by Crippen LogP contribution is -1.98. The Balaban J connectivity index is 2.32. The average Bonchev–Trinajstić information content (AvgIpc) is 2.38. The fraction of sp³-hybridized carbons (Fsp3) is 0.167. The predicted molar refractivity (Wildman–Crippen MR) is 72.6 cm³/mol. The zero-order chi connectivity index (χ0) is 13.0. The van der Waals surface area contributed by atoms with Gasteiger partial charge in [-0.05, 0) is 28.1 Å². The van der Waals surface area contributed by atoms with Crippen LogP contribution in [-0.4, -0.2) is 24.2 Å². The van der Waals surface area contributed by atoms with Gasteiger partial charge >= 0.3 is 0 Å². The molecule has 18 heavy (non-hydrogen) atoms. The Bertz CT molecular complexity index is 549. The van der Waals surface area contributed by atoms with Gasteiger partial charge in [0, 0.05) is 12.1 Å². The van der Waals surface area contributed by atoms with Gasteiger partial charge in [0.05, 0.1) is 19.9 Å². The number of hydrogen-bond donors (Lipinski definition) is 1. The van der Waals surface area contributed by atoms with Crippen molar-refractivity contribution in [2.24, 2.45) is 0 Å². The van der Waals surface area contributed by atoms with Crippen LogP contribution in [0.5, 0.6) is 11.5 Å². The molecule has 0 fully saturated rings. The molecule has 1 aromatic heterocycles. The zero-order valence-corrected chi connectivity index (χ0v) is 11.6. The summed E-state index contributed by atoms with van der Waals surface area (Å²) in [6, 6.07) is 7.28. The molecule has 2 aromatic rings. The van der Waals surface area contributed by atoms with Gasteiger partial charge in [0.1, 0.15) is 28.2 Å². The molecule has 94 valence electrons. The van der Waals surface area contributed by atoms with Crippen LogP contribution in [0.25, 0.3) is 0 Å². The van der Waals surface area contributed by atoms with Gasteiger partial charge in [-0.1, -0.05) is 0 Å². The lowest BCUT2D eigenvalue weighted by Gasteiger charge is -2.11. The monoisotopic (exact) mass is 309 g/mol. The third-order valence-electron chi connectivity index (χ3n) is 2.30. The third kappa shape index (κ3) is 2.89. The van der Waals surface area contributed by atoms with E-state index in [9.17, 15) is 0 Å². The van der Waals surface area contributed by atoms with Crippen molar-refractivity contribution in [2.45, 2.75) is 0 Å². The van der Waals surface area contributed by atoms with Crippen LogP contribution < -0.4 is 14.8 Å². The van der Waals surface area contributed by atoms with Crippen molar-refractivity contribution in [1.29, 1.82) is 0 Å². The Kier molecular flexibility index (Phi) is 3.99. The van der Waals surface area contributed by atoms with Crippen molar-refractivity contribution in [3.63, 3.8) is 0 Å². The fourth-order valence-electron chi connectivity index (χ4n) is 1.45. The third-order valence-corrected chi connectivity index (χ3v) is 2.74. The summed E-state index contributed by atoms with van der Waals surface area (Å²) in [7, 11) is 3.23. The first-order chi connectivity index (χ1) is 8.72. The first-order valence-electron chi connectivity index (χ1n) is 5.19. The summed E-state index contributed by atoms with van der Waals surface area (Å²) >= 11 is 3.29. The van der Waals surface area contributed by atoms with Crippen LogP contribution in [0.3, 0.4) is 0 Å². The Morgan fingerprint density at radius 3 is 2.61 bits per heavy atom. The molecule has 1 aromatic carbocycles. The minimum Gasteiger partial charge on any atom is -0.497 e. The van der Waals surface area contributed by atoms with Gasteiger partial charge in [-0.2, -0.15) is 0 Å². The minimum absolute atomic E-state index is 0.670. The number of nitrogens with one attached hydrogen (secondary N) is 1. The predicted octanol–water partition coefficient (Wildman–Crippen LogP) is 3.00. The topological polar surface area (TPSA) is 56.3 Å². The molecule has 0 saturated heterocycles. The molecule has 0 aliphatic rings. The summed E-state index contributed by atoms with van der Waals surface area (Å²) in [6.45, 7) is 0. The molecule has 0 unspecified atom stereocenters. The number of ether oxygens (including phenoxy) is 2. The fourth-order valence-corrected chi connectivity index (χ4v) is 1.76. The second kappa shape index (κ2) is 5.68. The molecule has 0 spiro atoms. The Morgan fingerprint density at radius 1 is 1.11 bits per heavy atom. The van der Waals surface area contributed by atoms with Gasteiger partial charge in [-0.25, -0.2) is 9.97 Å². The molecule has 5 nitrogen and oxygen atoms in total. The first kappa shape index (κ1) is 12.6. The molecular weight excluding hydrogens is 298 g/mol. The Morgan fingerprint density at radius 2 is 1.94 bits per heavy atom. The summed E-state index contributed by atoms with van der Waals surface area (Å²) < 4.78 is 11.2. The number of hydrogen-bond acceptors (Lipinski definition) is 5. The molecule has 0 atom stereocenters. The van der Waals surface area contributed by atoms with Gasteiger partial charge in [-0.3, -0.25) is 0 Å². The van der Waals surface area contributed by atoms with E-state index >= 15 is 0 Å². The van der Waals surface area contributed by atoms with Crippen LogP contribution in [0.1, 0.15) is 0 Å². The molecule has 0 bridgehead atoms. The Hall–Kier alpha value is -1.82. The zero-order valence-electron chi connectivity index (χ0n) is 9.98. The van der Waals surface area contributed by atoms with Gasteiger partial charge in [0.2, 0.25) is 0 Å². The van der Waals surface area contributed by atoms with Crippen molar-refractivity contribution in [3.8, 4) is 11.5 Å². The number of nitrogens with zero attached hydrogens (tertiary/aromatic N) is 2. The van der Waals surface area contributed by atoms with Crippen molar-refractivity contribution in [1.82, 2.24) is 9.97 Å². The average molecular weight is 310 g/mol. The molecule has 6 heteroatoms. The molecule has 0 saturated carbocycles. The molecule has 0 radical (unpaired) electrons. The number of benzene rings is 1. The normalized spacial score (nSPS) is 9.94. The van der Waals surface area contributed by atoms with Crippen molar-refractivity contribution >= 4 is 27.4 Å². The highest BCUT2D eigenvalue weighted by Gasteiger charge is 2.06. The summed E-state index contributed by atoms with van der Waals surface area (Å²) in [5, 5.41) is 3.15. The lowest BCUT2D eigenvalue weighted by atomic mass is 10.2. The van der Waals surface area contributed by atoms with Gasteiger partial charge in [0.15, 0.2) is 0 Å². The van der Waals surface area contributed by atoms with E-state index in [0.29, 0.717) is 16.2 Å². The quantitative estimate of drug-likeness (QED) is 0.880. The smallest absolute Gasteiger partial charge is 0.142 e. The highest BCUT2D eigenvalue weighted by molar-refractivity contribution is 9.10. The van der Waals surface area contributed by atoms with E-state index in [4.69, 9.17) is 9.47 Å². The summed E-state index contributed by atoms with van der Waals surface area (Å²) in [5.74, 6) is 2.13. The highest BCUT2D eigenvalue weighted by Crippen LogP contribution is 2.31. The number of methoxy groups -OCH3 is 2. The number of halogens is 1. The number of anilines is 2. The van der Waals surface area contributed by atoms with Crippen molar-refractivity contribution in [3.05, 3.63) is 35.2 Å². The molecular formula is C12H12BrN3O2. The van der Waals surface area contributed by atoms with Crippen molar-refractivity contribution in [2.75, 3.05) is 19.5 Å². The van der Waals surface area contributed by atoms with E-state index in [1.807, 2.05) is 18.2 Å². The molecule has 0 aliphatic heterocycles. The largest absolute Gasteiger partial charge is 0.497 e. The van der Waals surface area contributed by atoms with E-state index in [-0.39, 0.29) is 0 Å². The summed E-state index contributed by atoms with van der Waals surface area (Å²) in [4.78, 5) is 8.08. The summed E-state index contributed by atoms with van der Waals surface area (Å²) in [5.41, 5.74) is 0.780. The molecule has 1 heterocycles. The standard InChI is InChI=1S/C12H12BrN3O2/c1-17-8-3-4-10(18-2)9(5-8)16-12-6-11(13)14-7-15-12/h3-7H,1-2H3,(H,14,15,16). The van der Waals surface area contributed by atoms with E-state index in [1.54, 1.807) is 20.3 Å². The maximum absolute atomic E-state index is 5.27. The maximum atomic E-state index is 5.27. The van der Waals surface area contributed by atoms with Gasteiger partial charge < -0.3 is 14.8 Å². The van der Waals surface area contributed by atoms with E-state index in [2.05, 4.69) is 31.2 Å². The highest BCUT2D eigenvalue weighted by atomic mass is 79.9. The SMILES string of the molecule is COc1ccc(OC)c(Nc2cc(Br)ncn2)c1. The second-order valence-electron chi connectivity index (χ2n) is 3.42. The molecule has 1 N–H and O–H groups in total. The van der Waals surface area contributed by atoms with Crippen molar-refractivity contribution < 1.29 is 9.47 Å². The molecule has 2 rings (SSSR count). The Labute approximate surface area is 113 Å². The number of rotatable bonds is 4. The second-order valence-corrected chi connectivity index (χ2v) is 4.23. The van der Waals surface area contributed by atoms with Crippen LogP contribution in [0.4, 0.5) is 11.5 Å². The van der Waals surface area contributed by atoms with Crippen LogP contribution in [-0.2, 0) is 0 Å². The van der Waals surface area contributed by atoms with Crippen LogP contribution >= 0.6 is 15.9 Å². The van der Waals surface area contributed by atoms with Gasteiger partial charge in [0.25, 0.3) is 0 Å². The summed E-state index contributed by atoms with van der Waals surface area (Å²) in [6.07, 6.45) is 1.47. The van der Waals surface area contributed by atoms with Crippen LogP contribution in [0.2, 0.25) is 0 Å². The van der Waals surface area contributed by atoms with E-state index < -0.39 is 0 Å². The van der Waals surface area contributed by atoms with Crippen LogP contribution in [0.15, 0.2) is 35.2 Å². The maximum Gasteiger partial charge on any atom is 0.142 e. The lowest BCUT2D eigenvalue weighted by molar-refractivity contribution is 0.405.